The zero-order valence-electron chi connectivity index (χ0n) is 13.5. The molecule has 1 aromatic carbocycles. The smallest absolute Gasteiger partial charge is 0.226 e. The van der Waals surface area contributed by atoms with Gasteiger partial charge in [-0.3, -0.25) is 0 Å². The van der Waals surface area contributed by atoms with Gasteiger partial charge in [0.2, 0.25) is 5.89 Å². The van der Waals surface area contributed by atoms with Gasteiger partial charge in [0.15, 0.2) is 5.82 Å². The summed E-state index contributed by atoms with van der Waals surface area (Å²) < 4.78 is 10.6. The molecular formula is C17H24ClN3O2. The van der Waals surface area contributed by atoms with Gasteiger partial charge >= 0.3 is 0 Å². The van der Waals surface area contributed by atoms with Crippen LogP contribution in [-0.2, 0) is 12.8 Å². The van der Waals surface area contributed by atoms with Crippen molar-refractivity contribution in [1.29, 1.82) is 0 Å². The normalized spacial score (nSPS) is 18.0. The van der Waals surface area contributed by atoms with Crippen molar-refractivity contribution in [1.82, 2.24) is 15.5 Å². The van der Waals surface area contributed by atoms with Crippen molar-refractivity contribution in [3.63, 3.8) is 0 Å². The lowest BCUT2D eigenvalue weighted by molar-refractivity contribution is 0.339. The van der Waals surface area contributed by atoms with Crippen molar-refractivity contribution in [3.8, 4) is 5.75 Å². The van der Waals surface area contributed by atoms with Gasteiger partial charge in [0.1, 0.15) is 5.75 Å². The first-order chi connectivity index (χ1) is 10.8. The van der Waals surface area contributed by atoms with Crippen LogP contribution < -0.4 is 10.1 Å². The zero-order chi connectivity index (χ0) is 15.2. The SMILES string of the molecule is COc1ccc(Cc2noc(CC3CCCNCC3)n2)cc1.Cl. The van der Waals surface area contributed by atoms with Gasteiger partial charge in [0.05, 0.1) is 7.11 Å². The summed E-state index contributed by atoms with van der Waals surface area (Å²) in [6.45, 7) is 2.22. The van der Waals surface area contributed by atoms with Crippen molar-refractivity contribution in [2.45, 2.75) is 32.1 Å². The lowest BCUT2D eigenvalue weighted by Gasteiger charge is -2.09. The molecule has 0 bridgehead atoms. The molecule has 23 heavy (non-hydrogen) atoms. The van der Waals surface area contributed by atoms with Gasteiger partial charge in [-0.15, -0.1) is 12.4 Å². The third kappa shape index (κ3) is 5.22. The second-order valence-electron chi connectivity index (χ2n) is 5.88. The van der Waals surface area contributed by atoms with E-state index in [1.807, 2.05) is 24.3 Å². The van der Waals surface area contributed by atoms with E-state index in [2.05, 4.69) is 15.5 Å². The maximum absolute atomic E-state index is 5.42. The van der Waals surface area contributed by atoms with Gasteiger partial charge in [0, 0.05) is 12.8 Å². The summed E-state index contributed by atoms with van der Waals surface area (Å²) in [5.74, 6) is 3.05. The number of rotatable bonds is 5. The van der Waals surface area contributed by atoms with Crippen LogP contribution in [0.3, 0.4) is 0 Å². The number of nitrogens with one attached hydrogen (secondary N) is 1. The summed E-state index contributed by atoms with van der Waals surface area (Å²) in [7, 11) is 1.67. The van der Waals surface area contributed by atoms with E-state index in [0.717, 1.165) is 42.5 Å². The van der Waals surface area contributed by atoms with Crippen LogP contribution >= 0.6 is 12.4 Å². The Morgan fingerprint density at radius 2 is 2.04 bits per heavy atom. The molecule has 0 saturated carbocycles. The van der Waals surface area contributed by atoms with Crippen molar-refractivity contribution >= 4 is 12.4 Å². The minimum absolute atomic E-state index is 0. The first kappa shape index (κ1) is 17.8. The third-order valence-corrected chi connectivity index (χ3v) is 4.19. The second kappa shape index (κ2) is 8.89. The molecule has 3 rings (SSSR count). The molecule has 2 heterocycles. The van der Waals surface area contributed by atoms with E-state index >= 15 is 0 Å². The van der Waals surface area contributed by atoms with Gasteiger partial charge in [-0.1, -0.05) is 17.3 Å². The molecule has 5 nitrogen and oxygen atoms in total. The maximum Gasteiger partial charge on any atom is 0.226 e. The van der Waals surface area contributed by atoms with E-state index in [4.69, 9.17) is 9.26 Å². The monoisotopic (exact) mass is 337 g/mol. The van der Waals surface area contributed by atoms with E-state index in [0.29, 0.717) is 12.3 Å². The van der Waals surface area contributed by atoms with Crippen LogP contribution in [-0.4, -0.2) is 30.3 Å². The predicted molar refractivity (Wildman–Crippen MR) is 91.3 cm³/mol. The van der Waals surface area contributed by atoms with Crippen molar-refractivity contribution in [2.75, 3.05) is 20.2 Å². The quantitative estimate of drug-likeness (QED) is 0.908. The molecular weight excluding hydrogens is 314 g/mol. The highest BCUT2D eigenvalue weighted by Crippen LogP contribution is 2.19. The molecule has 1 aliphatic heterocycles. The third-order valence-electron chi connectivity index (χ3n) is 4.19. The summed E-state index contributed by atoms with van der Waals surface area (Å²) in [5.41, 5.74) is 1.16. The number of ether oxygens (including phenoxy) is 1. The highest BCUT2D eigenvalue weighted by Gasteiger charge is 2.16. The molecule has 1 unspecified atom stereocenters. The van der Waals surface area contributed by atoms with E-state index in [1.165, 1.54) is 19.3 Å². The van der Waals surface area contributed by atoms with E-state index in [9.17, 15) is 0 Å². The Labute approximate surface area is 143 Å². The van der Waals surface area contributed by atoms with Gasteiger partial charge in [-0.25, -0.2) is 0 Å². The fourth-order valence-electron chi connectivity index (χ4n) is 2.91. The lowest BCUT2D eigenvalue weighted by atomic mass is 9.97. The van der Waals surface area contributed by atoms with Crippen molar-refractivity contribution < 1.29 is 9.26 Å². The molecule has 1 atom stereocenters. The molecule has 1 fully saturated rings. The topological polar surface area (TPSA) is 60.2 Å². The summed E-state index contributed by atoms with van der Waals surface area (Å²) in [5, 5.41) is 7.54. The highest BCUT2D eigenvalue weighted by molar-refractivity contribution is 5.85. The Balaban J connectivity index is 0.00000192. The van der Waals surface area contributed by atoms with Crippen LogP contribution in [0.15, 0.2) is 28.8 Å². The number of hydrogen-bond donors (Lipinski definition) is 1. The zero-order valence-corrected chi connectivity index (χ0v) is 14.3. The molecule has 0 radical (unpaired) electrons. The minimum atomic E-state index is 0. The molecule has 0 spiro atoms. The first-order valence-corrected chi connectivity index (χ1v) is 7.98. The van der Waals surface area contributed by atoms with Gasteiger partial charge in [-0.05, 0) is 56.0 Å². The number of nitrogens with zero attached hydrogens (tertiary/aromatic N) is 2. The summed E-state index contributed by atoms with van der Waals surface area (Å²) in [6, 6.07) is 7.97. The van der Waals surface area contributed by atoms with Crippen LogP contribution in [0.1, 0.15) is 36.5 Å². The average Bonchev–Trinajstić information content (AvgIpc) is 2.81. The van der Waals surface area contributed by atoms with Gasteiger partial charge in [0.25, 0.3) is 0 Å². The Morgan fingerprint density at radius 1 is 1.22 bits per heavy atom. The Bertz CT molecular complexity index is 578. The Kier molecular flexibility index (Phi) is 6.86. The Morgan fingerprint density at radius 3 is 2.83 bits per heavy atom. The number of halogens is 1. The van der Waals surface area contributed by atoms with E-state index < -0.39 is 0 Å². The summed E-state index contributed by atoms with van der Waals surface area (Å²) >= 11 is 0. The molecule has 126 valence electrons. The van der Waals surface area contributed by atoms with Crippen LogP contribution in [0, 0.1) is 5.92 Å². The highest BCUT2D eigenvalue weighted by atomic mass is 35.5. The van der Waals surface area contributed by atoms with Gasteiger partial charge < -0.3 is 14.6 Å². The molecule has 0 aliphatic carbocycles. The molecule has 1 aromatic heterocycles. The van der Waals surface area contributed by atoms with Crippen molar-refractivity contribution in [3.05, 3.63) is 41.5 Å². The van der Waals surface area contributed by atoms with E-state index in [-0.39, 0.29) is 12.4 Å². The van der Waals surface area contributed by atoms with Crippen molar-refractivity contribution in [2.24, 2.45) is 5.92 Å². The van der Waals surface area contributed by atoms with E-state index in [1.54, 1.807) is 7.11 Å². The fraction of sp³-hybridized carbons (Fsp3) is 0.529. The van der Waals surface area contributed by atoms with Crippen LogP contribution in [0.5, 0.6) is 5.75 Å². The number of benzene rings is 1. The molecule has 0 amide bonds. The lowest BCUT2D eigenvalue weighted by Crippen LogP contribution is -2.14. The summed E-state index contributed by atoms with van der Waals surface area (Å²) in [4.78, 5) is 4.54. The van der Waals surface area contributed by atoms with Crippen LogP contribution in [0.25, 0.3) is 0 Å². The predicted octanol–water partition coefficient (Wildman–Crippen LogP) is 3.02. The molecule has 6 heteroatoms. The average molecular weight is 338 g/mol. The molecule has 1 N–H and O–H groups in total. The number of hydrogen-bond acceptors (Lipinski definition) is 5. The number of aromatic nitrogens is 2. The fourth-order valence-corrected chi connectivity index (χ4v) is 2.91. The largest absolute Gasteiger partial charge is 0.497 e. The first-order valence-electron chi connectivity index (χ1n) is 7.98. The van der Waals surface area contributed by atoms with Crippen LogP contribution in [0.4, 0.5) is 0 Å². The second-order valence-corrected chi connectivity index (χ2v) is 5.88. The van der Waals surface area contributed by atoms with Crippen LogP contribution in [0.2, 0.25) is 0 Å². The molecule has 1 saturated heterocycles. The summed E-state index contributed by atoms with van der Waals surface area (Å²) in [6.07, 6.45) is 5.26. The Hall–Kier alpha value is -1.59. The standard InChI is InChI=1S/C17H23N3O2.ClH/c1-21-15-6-4-14(5-7-15)11-16-19-17(22-20-16)12-13-3-2-9-18-10-8-13;/h4-7,13,18H,2-3,8-12H2,1H3;1H. The van der Waals surface area contributed by atoms with Gasteiger partial charge in [-0.2, -0.15) is 4.98 Å². The molecule has 1 aliphatic rings. The minimum Gasteiger partial charge on any atom is -0.497 e. The maximum atomic E-state index is 5.42. The molecule has 2 aromatic rings. The number of methoxy groups -OCH3 is 1.